The molecule has 0 saturated carbocycles. The lowest BCUT2D eigenvalue weighted by Gasteiger charge is -2.14. The number of halogens is 1. The highest BCUT2D eigenvalue weighted by atomic mass is 35.5. The molecule has 0 saturated heterocycles. The van der Waals surface area contributed by atoms with Crippen molar-refractivity contribution in [1.29, 1.82) is 0 Å². The molecule has 3 aromatic rings. The predicted octanol–water partition coefficient (Wildman–Crippen LogP) is 2.82. The standard InChI is InChI=1S/C15H17ClN6/c1-4-17-10(3)12-5-11(9(2)6-18-12)13-7-22-15(14(16)21-13)19-8-20-22/h5-8,10,17H,4H2,1-3H3/t10-/m1/s1. The van der Waals surface area contributed by atoms with Gasteiger partial charge in [0.15, 0.2) is 10.8 Å². The fourth-order valence-electron chi connectivity index (χ4n) is 2.39. The fourth-order valence-corrected chi connectivity index (χ4v) is 2.61. The minimum atomic E-state index is 0.176. The van der Waals surface area contributed by atoms with Gasteiger partial charge in [0.05, 0.1) is 17.6 Å². The van der Waals surface area contributed by atoms with E-state index in [1.165, 1.54) is 6.33 Å². The molecule has 3 heterocycles. The molecule has 114 valence electrons. The highest BCUT2D eigenvalue weighted by Crippen LogP contribution is 2.26. The zero-order valence-corrected chi connectivity index (χ0v) is 13.5. The molecular formula is C15H17ClN6. The maximum atomic E-state index is 6.20. The van der Waals surface area contributed by atoms with E-state index in [9.17, 15) is 0 Å². The van der Waals surface area contributed by atoms with E-state index in [4.69, 9.17) is 11.6 Å². The quantitative estimate of drug-likeness (QED) is 0.801. The van der Waals surface area contributed by atoms with Crippen LogP contribution in [0, 0.1) is 6.92 Å². The minimum Gasteiger partial charge on any atom is -0.309 e. The monoisotopic (exact) mass is 316 g/mol. The summed E-state index contributed by atoms with van der Waals surface area (Å²) >= 11 is 6.20. The molecule has 0 fully saturated rings. The fraction of sp³-hybridized carbons (Fsp3) is 0.333. The SMILES string of the molecule is CCN[C@H](C)c1cc(-c2cn3ncnc3c(Cl)n2)c(C)cn1. The van der Waals surface area contributed by atoms with Gasteiger partial charge in [-0.2, -0.15) is 5.10 Å². The third-order valence-electron chi connectivity index (χ3n) is 3.58. The molecule has 0 aliphatic carbocycles. The Morgan fingerprint density at radius 3 is 2.95 bits per heavy atom. The van der Waals surface area contributed by atoms with Crippen molar-refractivity contribution in [3.63, 3.8) is 0 Å². The Balaban J connectivity index is 2.10. The Labute approximate surface area is 133 Å². The smallest absolute Gasteiger partial charge is 0.193 e. The van der Waals surface area contributed by atoms with Gasteiger partial charge < -0.3 is 5.32 Å². The summed E-state index contributed by atoms with van der Waals surface area (Å²) < 4.78 is 1.64. The zero-order chi connectivity index (χ0) is 15.7. The number of hydrogen-bond donors (Lipinski definition) is 1. The summed E-state index contributed by atoms with van der Waals surface area (Å²) in [4.78, 5) is 13.0. The lowest BCUT2D eigenvalue weighted by Crippen LogP contribution is -2.18. The lowest BCUT2D eigenvalue weighted by molar-refractivity contribution is 0.583. The Bertz CT molecular complexity index is 813. The molecule has 0 spiro atoms. The third-order valence-corrected chi connectivity index (χ3v) is 3.83. The van der Waals surface area contributed by atoms with Gasteiger partial charge in [-0.05, 0) is 32.0 Å². The van der Waals surface area contributed by atoms with Crippen LogP contribution in [0.2, 0.25) is 5.15 Å². The van der Waals surface area contributed by atoms with Gasteiger partial charge in [0.1, 0.15) is 6.33 Å². The number of rotatable bonds is 4. The van der Waals surface area contributed by atoms with Crippen molar-refractivity contribution in [2.24, 2.45) is 0 Å². The summed E-state index contributed by atoms with van der Waals surface area (Å²) in [5.74, 6) is 0. The van der Waals surface area contributed by atoms with Crippen LogP contribution in [0.3, 0.4) is 0 Å². The first-order valence-corrected chi connectivity index (χ1v) is 7.54. The van der Waals surface area contributed by atoms with Crippen LogP contribution < -0.4 is 5.32 Å². The number of pyridine rings is 1. The second-order valence-corrected chi connectivity index (χ2v) is 5.51. The van der Waals surface area contributed by atoms with E-state index in [-0.39, 0.29) is 6.04 Å². The number of nitrogens with one attached hydrogen (secondary N) is 1. The van der Waals surface area contributed by atoms with Crippen molar-refractivity contribution in [2.45, 2.75) is 26.8 Å². The van der Waals surface area contributed by atoms with Crippen molar-refractivity contribution in [3.05, 3.63) is 41.2 Å². The van der Waals surface area contributed by atoms with Crippen LogP contribution in [0.4, 0.5) is 0 Å². The summed E-state index contributed by atoms with van der Waals surface area (Å²) in [6, 6.07) is 2.22. The van der Waals surface area contributed by atoms with E-state index in [1.807, 2.05) is 25.4 Å². The number of aromatic nitrogens is 5. The van der Waals surface area contributed by atoms with Crippen LogP contribution in [0.25, 0.3) is 16.9 Å². The second-order valence-electron chi connectivity index (χ2n) is 5.15. The Morgan fingerprint density at radius 1 is 1.36 bits per heavy atom. The molecule has 3 rings (SSSR count). The van der Waals surface area contributed by atoms with Crippen molar-refractivity contribution in [2.75, 3.05) is 6.54 Å². The predicted molar refractivity (Wildman–Crippen MR) is 85.9 cm³/mol. The van der Waals surface area contributed by atoms with Crippen LogP contribution in [-0.2, 0) is 0 Å². The first-order valence-electron chi connectivity index (χ1n) is 7.16. The van der Waals surface area contributed by atoms with Crippen molar-refractivity contribution in [1.82, 2.24) is 29.9 Å². The molecule has 0 aromatic carbocycles. The Kier molecular flexibility index (Phi) is 4.04. The molecular weight excluding hydrogens is 300 g/mol. The first kappa shape index (κ1) is 14.9. The zero-order valence-electron chi connectivity index (χ0n) is 12.7. The normalized spacial score (nSPS) is 12.7. The molecule has 0 aliphatic heterocycles. The molecule has 7 heteroatoms. The topological polar surface area (TPSA) is 68.0 Å². The number of fused-ring (bicyclic) bond motifs is 1. The molecule has 0 aliphatic rings. The van der Waals surface area contributed by atoms with Crippen LogP contribution in [0.5, 0.6) is 0 Å². The molecule has 22 heavy (non-hydrogen) atoms. The highest BCUT2D eigenvalue weighted by Gasteiger charge is 2.13. The van der Waals surface area contributed by atoms with Crippen LogP contribution in [0.15, 0.2) is 24.8 Å². The summed E-state index contributed by atoms with van der Waals surface area (Å²) in [5, 5.41) is 7.84. The molecule has 0 radical (unpaired) electrons. The van der Waals surface area contributed by atoms with E-state index in [1.54, 1.807) is 4.52 Å². The van der Waals surface area contributed by atoms with E-state index >= 15 is 0 Å². The van der Waals surface area contributed by atoms with Crippen molar-refractivity contribution in [3.8, 4) is 11.3 Å². The number of aryl methyl sites for hydroxylation is 1. The van der Waals surface area contributed by atoms with E-state index in [0.717, 1.165) is 29.1 Å². The number of hydrogen-bond acceptors (Lipinski definition) is 5. The van der Waals surface area contributed by atoms with Crippen LogP contribution >= 0.6 is 11.6 Å². The summed E-state index contributed by atoms with van der Waals surface area (Å²) in [6.07, 6.45) is 5.16. The third kappa shape index (κ3) is 2.67. The Hall–Kier alpha value is -2.05. The molecule has 0 amide bonds. The van der Waals surface area contributed by atoms with Gasteiger partial charge in [-0.15, -0.1) is 0 Å². The van der Waals surface area contributed by atoms with E-state index < -0.39 is 0 Å². The maximum Gasteiger partial charge on any atom is 0.193 e. The largest absolute Gasteiger partial charge is 0.309 e. The van der Waals surface area contributed by atoms with Crippen LogP contribution in [0.1, 0.15) is 31.1 Å². The second kappa shape index (κ2) is 5.98. The maximum absolute atomic E-state index is 6.20. The molecule has 0 bridgehead atoms. The molecule has 3 aromatic heterocycles. The molecule has 6 nitrogen and oxygen atoms in total. The van der Waals surface area contributed by atoms with Gasteiger partial charge in [0, 0.05) is 17.8 Å². The van der Waals surface area contributed by atoms with Gasteiger partial charge in [0.2, 0.25) is 0 Å². The van der Waals surface area contributed by atoms with Gasteiger partial charge in [-0.25, -0.2) is 14.5 Å². The van der Waals surface area contributed by atoms with Crippen molar-refractivity contribution < 1.29 is 0 Å². The van der Waals surface area contributed by atoms with E-state index in [2.05, 4.69) is 39.2 Å². The average molecular weight is 317 g/mol. The molecule has 0 unspecified atom stereocenters. The van der Waals surface area contributed by atoms with Gasteiger partial charge in [-0.3, -0.25) is 4.98 Å². The number of nitrogens with zero attached hydrogens (tertiary/aromatic N) is 5. The lowest BCUT2D eigenvalue weighted by atomic mass is 10.1. The summed E-state index contributed by atoms with van der Waals surface area (Å²) in [6.45, 7) is 7.06. The molecule has 1 atom stereocenters. The van der Waals surface area contributed by atoms with Crippen molar-refractivity contribution >= 4 is 17.2 Å². The van der Waals surface area contributed by atoms with E-state index in [0.29, 0.717) is 10.8 Å². The van der Waals surface area contributed by atoms with Gasteiger partial charge in [0.25, 0.3) is 0 Å². The summed E-state index contributed by atoms with van der Waals surface area (Å²) in [7, 11) is 0. The minimum absolute atomic E-state index is 0.176. The Morgan fingerprint density at radius 2 is 2.18 bits per heavy atom. The average Bonchev–Trinajstić information content (AvgIpc) is 2.97. The summed E-state index contributed by atoms with van der Waals surface area (Å²) in [5.41, 5.74) is 4.31. The van der Waals surface area contributed by atoms with Gasteiger partial charge in [-0.1, -0.05) is 18.5 Å². The molecule has 1 N–H and O–H groups in total. The van der Waals surface area contributed by atoms with Crippen LogP contribution in [-0.4, -0.2) is 31.1 Å². The first-order chi connectivity index (χ1) is 10.6. The highest BCUT2D eigenvalue weighted by molar-refractivity contribution is 6.32. The van der Waals surface area contributed by atoms with Gasteiger partial charge >= 0.3 is 0 Å².